The number of hydrogen-bond acceptors (Lipinski definition) is 4. The monoisotopic (exact) mass is 329 g/mol. The fourth-order valence-electron chi connectivity index (χ4n) is 3.01. The van der Waals surface area contributed by atoms with Gasteiger partial charge in [0.15, 0.2) is 0 Å². The van der Waals surface area contributed by atoms with Gasteiger partial charge >= 0.3 is 6.03 Å². The molecule has 0 radical (unpaired) electrons. The second kappa shape index (κ2) is 6.31. The molecule has 1 saturated heterocycles. The molecule has 3 rings (SSSR count). The van der Waals surface area contributed by atoms with Gasteiger partial charge < -0.3 is 10.2 Å². The van der Waals surface area contributed by atoms with Gasteiger partial charge in [-0.05, 0) is 31.0 Å². The zero-order valence-electron chi connectivity index (χ0n) is 13.6. The maximum absolute atomic E-state index is 12.4. The molecular weight excluding hydrogens is 310 g/mol. The number of benzene rings is 1. The number of nitro benzene ring substituents is 1. The van der Waals surface area contributed by atoms with Gasteiger partial charge in [0.05, 0.1) is 11.1 Å². The third-order valence-corrected chi connectivity index (χ3v) is 4.32. The van der Waals surface area contributed by atoms with Crippen LogP contribution < -0.4 is 5.32 Å². The van der Waals surface area contributed by atoms with E-state index in [1.165, 1.54) is 6.07 Å². The lowest BCUT2D eigenvalue weighted by Gasteiger charge is -2.17. The van der Waals surface area contributed by atoms with Gasteiger partial charge in [-0.1, -0.05) is 0 Å². The van der Waals surface area contributed by atoms with E-state index in [2.05, 4.69) is 10.4 Å². The van der Waals surface area contributed by atoms with Crippen LogP contribution in [0.15, 0.2) is 30.6 Å². The molecule has 2 amide bonds. The van der Waals surface area contributed by atoms with Crippen molar-refractivity contribution in [2.24, 2.45) is 7.05 Å². The highest BCUT2D eigenvalue weighted by Crippen LogP contribution is 2.27. The molecule has 8 nitrogen and oxygen atoms in total. The molecule has 0 unspecified atom stereocenters. The summed E-state index contributed by atoms with van der Waals surface area (Å²) in [7, 11) is 1.87. The summed E-state index contributed by atoms with van der Waals surface area (Å²) >= 11 is 0. The largest absolute Gasteiger partial charge is 0.324 e. The van der Waals surface area contributed by atoms with Crippen molar-refractivity contribution >= 4 is 17.4 Å². The van der Waals surface area contributed by atoms with Crippen LogP contribution in [-0.4, -0.2) is 38.7 Å². The molecule has 0 bridgehead atoms. The van der Waals surface area contributed by atoms with Gasteiger partial charge in [-0.25, -0.2) is 4.79 Å². The fraction of sp³-hybridized carbons (Fsp3) is 0.375. The minimum absolute atomic E-state index is 0.0470. The van der Waals surface area contributed by atoms with Crippen molar-refractivity contribution in [2.45, 2.75) is 19.3 Å². The molecule has 8 heteroatoms. The topological polar surface area (TPSA) is 93.3 Å². The number of nitro groups is 1. The van der Waals surface area contributed by atoms with Gasteiger partial charge in [0.2, 0.25) is 0 Å². The van der Waals surface area contributed by atoms with E-state index in [-0.39, 0.29) is 11.7 Å². The van der Waals surface area contributed by atoms with Crippen molar-refractivity contribution in [2.75, 3.05) is 18.4 Å². The van der Waals surface area contributed by atoms with E-state index in [0.717, 1.165) is 12.0 Å². The zero-order chi connectivity index (χ0) is 17.3. The molecule has 24 heavy (non-hydrogen) atoms. The zero-order valence-corrected chi connectivity index (χ0v) is 13.6. The lowest BCUT2D eigenvalue weighted by atomic mass is 10.0. The first-order valence-electron chi connectivity index (χ1n) is 7.73. The standard InChI is InChI=1S/C16H19N5O3/c1-11-7-14(3-4-15(11)21(23)24)18-16(22)20-6-5-12(10-20)13-8-17-19(2)9-13/h3-4,7-9,12H,5-6,10H2,1-2H3,(H,18,22)/t12-/m1/s1. The number of nitrogens with one attached hydrogen (secondary N) is 1. The summed E-state index contributed by atoms with van der Waals surface area (Å²) in [4.78, 5) is 24.6. The predicted octanol–water partition coefficient (Wildman–Crippen LogP) is 2.66. The Morgan fingerprint density at radius 1 is 1.46 bits per heavy atom. The molecule has 0 saturated carbocycles. The summed E-state index contributed by atoms with van der Waals surface area (Å²) in [6.07, 6.45) is 4.72. The van der Waals surface area contributed by atoms with Gasteiger partial charge in [-0.15, -0.1) is 0 Å². The molecule has 1 aromatic carbocycles. The molecule has 2 heterocycles. The van der Waals surface area contributed by atoms with Crippen LogP contribution in [0, 0.1) is 17.0 Å². The Kier molecular flexibility index (Phi) is 4.20. The van der Waals surface area contributed by atoms with Crippen LogP contribution in [-0.2, 0) is 7.05 Å². The molecule has 1 atom stereocenters. The summed E-state index contributed by atoms with van der Waals surface area (Å²) in [5.41, 5.74) is 2.27. The Morgan fingerprint density at radius 2 is 2.25 bits per heavy atom. The maximum atomic E-state index is 12.4. The van der Waals surface area contributed by atoms with Crippen LogP contribution in [0.2, 0.25) is 0 Å². The van der Waals surface area contributed by atoms with Crippen molar-refractivity contribution in [3.63, 3.8) is 0 Å². The number of rotatable bonds is 3. The van der Waals surface area contributed by atoms with Gasteiger partial charge in [0, 0.05) is 49.6 Å². The molecule has 126 valence electrons. The second-order valence-corrected chi connectivity index (χ2v) is 6.07. The lowest BCUT2D eigenvalue weighted by Crippen LogP contribution is -2.32. The number of nitrogens with zero attached hydrogens (tertiary/aromatic N) is 4. The number of anilines is 1. The predicted molar refractivity (Wildman–Crippen MR) is 89.0 cm³/mol. The Hall–Kier alpha value is -2.90. The van der Waals surface area contributed by atoms with Gasteiger partial charge in [0.1, 0.15) is 0 Å². The van der Waals surface area contributed by atoms with E-state index in [4.69, 9.17) is 0 Å². The number of carbonyl (C=O) groups excluding carboxylic acids is 1. The van der Waals surface area contributed by atoms with Crippen molar-refractivity contribution in [1.29, 1.82) is 0 Å². The molecule has 2 aromatic rings. The van der Waals surface area contributed by atoms with Crippen LogP contribution in [0.4, 0.5) is 16.2 Å². The third-order valence-electron chi connectivity index (χ3n) is 4.32. The number of carbonyl (C=O) groups is 1. The number of hydrogen-bond donors (Lipinski definition) is 1. The summed E-state index contributed by atoms with van der Waals surface area (Å²) in [5, 5.41) is 17.8. The number of amides is 2. The minimum atomic E-state index is -0.431. The van der Waals surface area contributed by atoms with Crippen molar-refractivity contribution < 1.29 is 9.72 Å². The Bertz CT molecular complexity index is 786. The van der Waals surface area contributed by atoms with E-state index in [1.54, 1.807) is 28.6 Å². The fourth-order valence-corrected chi connectivity index (χ4v) is 3.01. The summed E-state index contributed by atoms with van der Waals surface area (Å²) < 4.78 is 1.76. The van der Waals surface area contributed by atoms with E-state index in [9.17, 15) is 14.9 Å². The molecule has 1 aliphatic heterocycles. The highest BCUT2D eigenvalue weighted by molar-refractivity contribution is 5.89. The molecule has 0 aliphatic carbocycles. The maximum Gasteiger partial charge on any atom is 0.321 e. The molecule has 1 fully saturated rings. The Balaban J connectivity index is 1.63. The van der Waals surface area contributed by atoms with Crippen molar-refractivity contribution in [1.82, 2.24) is 14.7 Å². The third kappa shape index (κ3) is 3.22. The van der Waals surface area contributed by atoms with Gasteiger partial charge in [-0.2, -0.15) is 5.10 Å². The first-order valence-corrected chi connectivity index (χ1v) is 7.73. The number of aryl methyl sites for hydroxylation is 2. The normalized spacial score (nSPS) is 17.1. The van der Waals surface area contributed by atoms with Gasteiger partial charge in [-0.3, -0.25) is 14.8 Å². The lowest BCUT2D eigenvalue weighted by molar-refractivity contribution is -0.385. The molecule has 1 N–H and O–H groups in total. The minimum Gasteiger partial charge on any atom is -0.324 e. The average Bonchev–Trinajstić information content (AvgIpc) is 3.15. The van der Waals surface area contributed by atoms with Crippen molar-refractivity contribution in [3.05, 3.63) is 51.8 Å². The quantitative estimate of drug-likeness (QED) is 0.692. The smallest absolute Gasteiger partial charge is 0.321 e. The van der Waals surface area contributed by atoms with Crippen LogP contribution in [0.1, 0.15) is 23.5 Å². The van der Waals surface area contributed by atoms with Crippen LogP contribution in [0.25, 0.3) is 0 Å². The van der Waals surface area contributed by atoms with E-state index >= 15 is 0 Å². The SMILES string of the molecule is Cc1cc(NC(=O)N2CC[C@@H](c3cnn(C)c3)C2)ccc1[N+](=O)[O-]. The highest BCUT2D eigenvalue weighted by atomic mass is 16.6. The Labute approximate surface area is 139 Å². The first kappa shape index (κ1) is 16.0. The van der Waals surface area contributed by atoms with Crippen molar-refractivity contribution in [3.8, 4) is 0 Å². The highest BCUT2D eigenvalue weighted by Gasteiger charge is 2.28. The number of aromatic nitrogens is 2. The molecular formula is C16H19N5O3. The van der Waals surface area contributed by atoms with E-state index in [0.29, 0.717) is 30.3 Å². The number of likely N-dealkylation sites (tertiary alicyclic amines) is 1. The summed E-state index contributed by atoms with van der Waals surface area (Å²) in [6, 6.07) is 4.39. The number of urea groups is 1. The molecule has 1 aliphatic rings. The van der Waals surface area contributed by atoms with Gasteiger partial charge in [0.25, 0.3) is 5.69 Å². The first-order chi connectivity index (χ1) is 11.4. The second-order valence-electron chi connectivity index (χ2n) is 6.07. The summed E-state index contributed by atoms with van der Waals surface area (Å²) in [5.74, 6) is 0.294. The van der Waals surface area contributed by atoms with E-state index in [1.807, 2.05) is 19.4 Å². The summed E-state index contributed by atoms with van der Waals surface area (Å²) in [6.45, 7) is 2.98. The van der Waals surface area contributed by atoms with Crippen LogP contribution >= 0.6 is 0 Å². The van der Waals surface area contributed by atoms with Crippen LogP contribution in [0.3, 0.4) is 0 Å². The van der Waals surface area contributed by atoms with E-state index < -0.39 is 4.92 Å². The average molecular weight is 329 g/mol. The molecule has 0 spiro atoms. The van der Waals surface area contributed by atoms with Crippen LogP contribution in [0.5, 0.6) is 0 Å². The molecule has 1 aromatic heterocycles. The Morgan fingerprint density at radius 3 is 2.88 bits per heavy atom.